The van der Waals surface area contributed by atoms with Crippen LogP contribution in [0.4, 0.5) is 0 Å². The number of hydrogen-bond donors (Lipinski definition) is 0. The molecule has 0 spiro atoms. The highest BCUT2D eigenvalue weighted by Gasteiger charge is 1.94. The molecule has 4 nitrogen and oxygen atoms in total. The average Bonchev–Trinajstić information content (AvgIpc) is 2.29. The van der Waals surface area contributed by atoms with Crippen LogP contribution in [0.15, 0.2) is 12.3 Å². The van der Waals surface area contributed by atoms with Crippen molar-refractivity contribution in [1.82, 2.24) is 15.4 Å². The Bertz CT molecular complexity index is 241. The van der Waals surface area contributed by atoms with Crippen LogP contribution in [0.2, 0.25) is 0 Å². The van der Waals surface area contributed by atoms with Gasteiger partial charge in [-0.15, -0.1) is 5.10 Å². The fourth-order valence-electron chi connectivity index (χ4n) is 1.37. The third-order valence-corrected chi connectivity index (χ3v) is 2.23. The molecule has 1 heterocycles. The van der Waals surface area contributed by atoms with Gasteiger partial charge in [-0.05, 0) is 11.6 Å². The van der Waals surface area contributed by atoms with E-state index in [-0.39, 0.29) is 0 Å². The standard InChI is InChI=1S/C11H19N3O/c1-2-3-4-5-6-7-10-15-11-8-9-12-14-13-11/h8-9H,2-7,10H2,1H3. The molecule has 0 aromatic carbocycles. The molecule has 0 atom stereocenters. The molecule has 4 heteroatoms. The molecule has 1 aromatic heterocycles. The van der Waals surface area contributed by atoms with Crippen molar-refractivity contribution in [3.8, 4) is 5.88 Å². The maximum absolute atomic E-state index is 5.40. The SMILES string of the molecule is CCCCCCCCOc1ccnnn1. The van der Waals surface area contributed by atoms with Crippen LogP contribution in [0.3, 0.4) is 0 Å². The number of aromatic nitrogens is 3. The third-order valence-electron chi connectivity index (χ3n) is 2.23. The van der Waals surface area contributed by atoms with E-state index >= 15 is 0 Å². The highest BCUT2D eigenvalue weighted by atomic mass is 16.5. The van der Waals surface area contributed by atoms with Gasteiger partial charge in [-0.2, -0.15) is 0 Å². The molecule has 15 heavy (non-hydrogen) atoms. The third kappa shape index (κ3) is 5.99. The van der Waals surface area contributed by atoms with Crippen LogP contribution in [0.5, 0.6) is 5.88 Å². The summed E-state index contributed by atoms with van der Waals surface area (Å²) in [5.74, 6) is 0.568. The van der Waals surface area contributed by atoms with Crippen LogP contribution in [0.1, 0.15) is 45.4 Å². The molecular weight excluding hydrogens is 190 g/mol. The molecule has 1 aromatic rings. The maximum atomic E-state index is 5.40. The Labute approximate surface area is 91.1 Å². The summed E-state index contributed by atoms with van der Waals surface area (Å²) in [6, 6.07) is 1.73. The molecular formula is C11H19N3O. The Morgan fingerprint density at radius 2 is 1.93 bits per heavy atom. The Balaban J connectivity index is 1.93. The zero-order valence-electron chi connectivity index (χ0n) is 9.35. The van der Waals surface area contributed by atoms with Crippen molar-refractivity contribution in [1.29, 1.82) is 0 Å². The van der Waals surface area contributed by atoms with Crippen molar-refractivity contribution < 1.29 is 4.74 Å². The van der Waals surface area contributed by atoms with Crippen molar-refractivity contribution in [2.24, 2.45) is 0 Å². The summed E-state index contributed by atoms with van der Waals surface area (Å²) in [6.07, 6.45) is 9.19. The summed E-state index contributed by atoms with van der Waals surface area (Å²) in [5.41, 5.74) is 0. The zero-order valence-corrected chi connectivity index (χ0v) is 9.35. The van der Waals surface area contributed by atoms with E-state index in [2.05, 4.69) is 22.3 Å². The van der Waals surface area contributed by atoms with Crippen molar-refractivity contribution in [3.05, 3.63) is 12.3 Å². The minimum Gasteiger partial charge on any atom is -0.477 e. The Morgan fingerprint density at radius 1 is 1.13 bits per heavy atom. The van der Waals surface area contributed by atoms with Gasteiger partial charge in [-0.1, -0.05) is 44.1 Å². The summed E-state index contributed by atoms with van der Waals surface area (Å²) in [6.45, 7) is 2.95. The van der Waals surface area contributed by atoms with Gasteiger partial charge in [0.2, 0.25) is 5.88 Å². The Morgan fingerprint density at radius 3 is 2.67 bits per heavy atom. The number of hydrogen-bond acceptors (Lipinski definition) is 4. The predicted molar refractivity (Wildman–Crippen MR) is 58.7 cm³/mol. The van der Waals surface area contributed by atoms with Crippen LogP contribution < -0.4 is 4.74 Å². The van der Waals surface area contributed by atoms with Gasteiger partial charge in [0.1, 0.15) is 0 Å². The molecule has 0 amide bonds. The van der Waals surface area contributed by atoms with Gasteiger partial charge < -0.3 is 4.74 Å². The van der Waals surface area contributed by atoms with Gasteiger partial charge in [0.05, 0.1) is 12.8 Å². The molecule has 0 aliphatic carbocycles. The Kier molecular flexibility index (Phi) is 6.45. The van der Waals surface area contributed by atoms with E-state index in [0.717, 1.165) is 13.0 Å². The van der Waals surface area contributed by atoms with Crippen molar-refractivity contribution >= 4 is 0 Å². The lowest BCUT2D eigenvalue weighted by Crippen LogP contribution is -2.00. The summed E-state index contributed by atoms with van der Waals surface area (Å²) in [7, 11) is 0. The van der Waals surface area contributed by atoms with E-state index in [1.165, 1.54) is 32.1 Å². The van der Waals surface area contributed by atoms with E-state index in [0.29, 0.717) is 5.88 Å². The number of ether oxygens (including phenoxy) is 1. The summed E-state index contributed by atoms with van der Waals surface area (Å²) in [4.78, 5) is 0. The first-order chi connectivity index (χ1) is 7.43. The molecule has 0 saturated carbocycles. The summed E-state index contributed by atoms with van der Waals surface area (Å²) in [5, 5.41) is 10.8. The van der Waals surface area contributed by atoms with E-state index in [1.807, 2.05) is 0 Å². The van der Waals surface area contributed by atoms with Gasteiger partial charge in [0.15, 0.2) is 0 Å². The molecule has 1 rings (SSSR count). The van der Waals surface area contributed by atoms with Crippen molar-refractivity contribution in [2.75, 3.05) is 6.61 Å². The largest absolute Gasteiger partial charge is 0.477 e. The molecule has 0 radical (unpaired) electrons. The lowest BCUT2D eigenvalue weighted by molar-refractivity contribution is 0.288. The van der Waals surface area contributed by atoms with Crippen LogP contribution >= 0.6 is 0 Å². The van der Waals surface area contributed by atoms with Gasteiger partial charge in [-0.3, -0.25) is 0 Å². The Hall–Kier alpha value is -1.19. The molecule has 0 fully saturated rings. The van der Waals surface area contributed by atoms with Crippen LogP contribution in [0.25, 0.3) is 0 Å². The molecule has 0 aliphatic heterocycles. The first-order valence-corrected chi connectivity index (χ1v) is 5.70. The highest BCUT2D eigenvalue weighted by Crippen LogP contribution is 2.06. The first-order valence-electron chi connectivity index (χ1n) is 5.70. The fourth-order valence-corrected chi connectivity index (χ4v) is 1.37. The molecule has 0 aliphatic rings. The highest BCUT2D eigenvalue weighted by molar-refractivity contribution is 5.01. The number of rotatable bonds is 8. The van der Waals surface area contributed by atoms with Gasteiger partial charge >= 0.3 is 0 Å². The molecule has 0 bridgehead atoms. The number of unbranched alkanes of at least 4 members (excludes halogenated alkanes) is 5. The second-order valence-corrected chi connectivity index (χ2v) is 3.58. The van der Waals surface area contributed by atoms with Crippen LogP contribution in [-0.4, -0.2) is 22.0 Å². The minimum atomic E-state index is 0.568. The molecule has 0 N–H and O–H groups in total. The van der Waals surface area contributed by atoms with Gasteiger partial charge in [-0.25, -0.2) is 0 Å². The maximum Gasteiger partial charge on any atom is 0.236 e. The van der Waals surface area contributed by atoms with Crippen molar-refractivity contribution in [3.63, 3.8) is 0 Å². The second-order valence-electron chi connectivity index (χ2n) is 3.58. The van der Waals surface area contributed by atoms with Gasteiger partial charge in [0, 0.05) is 6.07 Å². The molecule has 0 unspecified atom stereocenters. The van der Waals surface area contributed by atoms with E-state index in [4.69, 9.17) is 4.74 Å². The summed E-state index contributed by atoms with van der Waals surface area (Å²) < 4.78 is 5.40. The van der Waals surface area contributed by atoms with Gasteiger partial charge in [0.25, 0.3) is 0 Å². The zero-order chi connectivity index (χ0) is 10.8. The van der Waals surface area contributed by atoms with E-state index in [1.54, 1.807) is 12.3 Å². The topological polar surface area (TPSA) is 47.9 Å². The van der Waals surface area contributed by atoms with E-state index < -0.39 is 0 Å². The number of nitrogens with zero attached hydrogens (tertiary/aromatic N) is 3. The van der Waals surface area contributed by atoms with E-state index in [9.17, 15) is 0 Å². The quantitative estimate of drug-likeness (QED) is 0.617. The molecule has 84 valence electrons. The van der Waals surface area contributed by atoms with Crippen molar-refractivity contribution in [2.45, 2.75) is 45.4 Å². The average molecular weight is 209 g/mol. The smallest absolute Gasteiger partial charge is 0.236 e. The first kappa shape index (κ1) is 11.9. The van der Waals surface area contributed by atoms with Crippen LogP contribution in [0, 0.1) is 0 Å². The lowest BCUT2D eigenvalue weighted by Gasteiger charge is -2.03. The molecule has 0 saturated heterocycles. The normalized spacial score (nSPS) is 10.2. The fraction of sp³-hybridized carbons (Fsp3) is 0.727. The second kappa shape index (κ2) is 8.15. The predicted octanol–water partition coefficient (Wildman–Crippen LogP) is 2.61. The monoisotopic (exact) mass is 209 g/mol. The minimum absolute atomic E-state index is 0.568. The lowest BCUT2D eigenvalue weighted by atomic mass is 10.1. The summed E-state index contributed by atoms with van der Waals surface area (Å²) >= 11 is 0. The van der Waals surface area contributed by atoms with Crippen LogP contribution in [-0.2, 0) is 0 Å².